The molecule has 9 heteroatoms. The second kappa shape index (κ2) is 8.98. The van der Waals surface area contributed by atoms with Gasteiger partial charge in [-0.15, -0.1) is 0 Å². The number of fused-ring (bicyclic) bond motifs is 1. The third-order valence-electron chi connectivity index (χ3n) is 5.58. The number of pyridine rings is 2. The summed E-state index contributed by atoms with van der Waals surface area (Å²) in [5.41, 5.74) is 2.94. The summed E-state index contributed by atoms with van der Waals surface area (Å²) in [4.78, 5) is 8.91. The number of aliphatic hydroxyl groups excluding tert-OH is 4. The molecule has 0 saturated carbocycles. The minimum atomic E-state index is -1.48. The average Bonchev–Trinajstić information content (AvgIpc) is 2.79. The van der Waals surface area contributed by atoms with E-state index in [9.17, 15) is 25.7 Å². The summed E-state index contributed by atoms with van der Waals surface area (Å²) in [5.74, 6) is 0. The quantitative estimate of drug-likeness (QED) is 0.555. The van der Waals surface area contributed by atoms with Crippen LogP contribution >= 0.6 is 11.8 Å². The van der Waals surface area contributed by atoms with E-state index in [2.05, 4.69) is 11.1 Å². The number of nitriles is 1. The Morgan fingerprint density at radius 3 is 2.67 bits per heavy atom. The van der Waals surface area contributed by atoms with Crippen molar-refractivity contribution >= 4 is 11.8 Å². The van der Waals surface area contributed by atoms with Crippen LogP contribution < -0.4 is 0 Å². The summed E-state index contributed by atoms with van der Waals surface area (Å²) in [6.07, 6.45) is 1.70. The molecule has 0 unspecified atom stereocenters. The van der Waals surface area contributed by atoms with Gasteiger partial charge in [0.1, 0.15) is 40.9 Å². The first kappa shape index (κ1) is 21.2. The molecule has 3 heterocycles. The zero-order valence-electron chi connectivity index (χ0n) is 16.2. The lowest BCUT2D eigenvalue weighted by atomic mass is 9.87. The van der Waals surface area contributed by atoms with Gasteiger partial charge in [-0.2, -0.15) is 5.26 Å². The van der Waals surface area contributed by atoms with Gasteiger partial charge in [-0.3, -0.25) is 4.98 Å². The number of hydrogen-bond acceptors (Lipinski definition) is 9. The molecule has 0 spiro atoms. The minimum Gasteiger partial charge on any atom is -0.394 e. The van der Waals surface area contributed by atoms with Crippen LogP contribution in [-0.2, 0) is 17.6 Å². The van der Waals surface area contributed by atoms with Crippen LogP contribution in [0.1, 0.15) is 29.7 Å². The van der Waals surface area contributed by atoms with Crippen LogP contribution in [0.2, 0.25) is 0 Å². The fourth-order valence-electron chi connectivity index (χ4n) is 4.01. The summed E-state index contributed by atoms with van der Waals surface area (Å²) >= 11 is 1.02. The molecule has 0 amide bonds. The predicted molar refractivity (Wildman–Crippen MR) is 108 cm³/mol. The highest BCUT2D eigenvalue weighted by atomic mass is 32.2. The largest absolute Gasteiger partial charge is 0.394 e. The summed E-state index contributed by atoms with van der Waals surface area (Å²) in [6.45, 7) is -0.508. The Morgan fingerprint density at radius 1 is 1.17 bits per heavy atom. The Kier molecular flexibility index (Phi) is 6.34. The number of aryl methyl sites for hydroxylation is 1. The van der Waals surface area contributed by atoms with E-state index in [1.54, 1.807) is 12.4 Å². The van der Waals surface area contributed by atoms with E-state index >= 15 is 0 Å². The smallest absolute Gasteiger partial charge is 0.138 e. The average molecular weight is 429 g/mol. The standard InChI is InChI=1S/C21H23N3O5S/c22-8-13-16(11-4-3-7-23-9-11)12-5-1-2-6-14(12)24-20(13)30-21-19(28)18(27)17(26)15(10-25)29-21/h3-4,7,9,15,17-19,21,25-28H,1-2,5-6,10H2/t15-,17+,18+,19-,21+/m1/s1. The number of ether oxygens (including phenoxy) is 1. The maximum atomic E-state index is 10.4. The second-order valence-electron chi connectivity index (χ2n) is 7.47. The van der Waals surface area contributed by atoms with Gasteiger partial charge in [0.2, 0.25) is 0 Å². The molecule has 1 aliphatic heterocycles. The van der Waals surface area contributed by atoms with Crippen molar-refractivity contribution in [3.05, 3.63) is 41.3 Å². The molecule has 1 aliphatic carbocycles. The Hall–Kier alpha value is -2.06. The van der Waals surface area contributed by atoms with Crippen molar-refractivity contribution in [3.63, 3.8) is 0 Å². The lowest BCUT2D eigenvalue weighted by Crippen LogP contribution is -2.57. The van der Waals surface area contributed by atoms with E-state index in [4.69, 9.17) is 9.72 Å². The fraction of sp³-hybridized carbons (Fsp3) is 0.476. The van der Waals surface area contributed by atoms with E-state index in [-0.39, 0.29) is 0 Å². The van der Waals surface area contributed by atoms with Crippen molar-refractivity contribution in [2.75, 3.05) is 6.61 Å². The number of thioether (sulfide) groups is 1. The first-order valence-corrected chi connectivity index (χ1v) is 10.8. The van der Waals surface area contributed by atoms with Crippen LogP contribution in [0.5, 0.6) is 0 Å². The first-order chi connectivity index (χ1) is 14.5. The molecule has 4 N–H and O–H groups in total. The van der Waals surface area contributed by atoms with Gasteiger partial charge in [-0.05, 0) is 37.3 Å². The number of nitrogens with zero attached hydrogens (tertiary/aromatic N) is 3. The van der Waals surface area contributed by atoms with Gasteiger partial charge in [-0.25, -0.2) is 4.98 Å². The first-order valence-electron chi connectivity index (χ1n) is 9.88. The minimum absolute atomic E-state index is 0.366. The second-order valence-corrected chi connectivity index (χ2v) is 8.55. The van der Waals surface area contributed by atoms with E-state index < -0.39 is 36.5 Å². The van der Waals surface area contributed by atoms with Gasteiger partial charge >= 0.3 is 0 Å². The predicted octanol–water partition coefficient (Wildman–Crippen LogP) is 0.786. The van der Waals surface area contributed by atoms with Gasteiger partial charge in [-0.1, -0.05) is 17.8 Å². The van der Waals surface area contributed by atoms with Gasteiger partial charge in [0.05, 0.1) is 12.2 Å². The highest BCUT2D eigenvalue weighted by molar-refractivity contribution is 7.99. The van der Waals surface area contributed by atoms with Crippen molar-refractivity contribution in [3.8, 4) is 17.2 Å². The Morgan fingerprint density at radius 2 is 1.97 bits per heavy atom. The molecule has 1 fully saturated rings. The monoisotopic (exact) mass is 429 g/mol. The van der Waals surface area contributed by atoms with Crippen molar-refractivity contribution in [2.24, 2.45) is 0 Å². The van der Waals surface area contributed by atoms with Crippen LogP contribution in [0.4, 0.5) is 0 Å². The van der Waals surface area contributed by atoms with Crippen LogP contribution in [-0.4, -0.2) is 66.9 Å². The molecular weight excluding hydrogens is 406 g/mol. The molecule has 8 nitrogen and oxygen atoms in total. The molecule has 0 aromatic carbocycles. The zero-order chi connectivity index (χ0) is 21.3. The molecule has 0 radical (unpaired) electrons. The fourth-order valence-corrected chi connectivity index (χ4v) is 5.16. The van der Waals surface area contributed by atoms with E-state index in [1.165, 1.54) is 0 Å². The normalized spacial score (nSPS) is 28.6. The van der Waals surface area contributed by atoms with Gasteiger partial charge < -0.3 is 25.2 Å². The molecule has 4 rings (SSSR count). The van der Waals surface area contributed by atoms with Crippen LogP contribution in [0.3, 0.4) is 0 Å². The SMILES string of the molecule is N#Cc1c(S[C@@H]2O[C@H](CO)[C@H](O)[C@H](O)[C@H]2O)nc2c(c1-c1cccnc1)CCCC2. The summed E-state index contributed by atoms with van der Waals surface area (Å²) in [7, 11) is 0. The molecule has 0 bridgehead atoms. The highest BCUT2D eigenvalue weighted by Gasteiger charge is 2.44. The van der Waals surface area contributed by atoms with Crippen LogP contribution in [0.25, 0.3) is 11.1 Å². The molecule has 5 atom stereocenters. The molecule has 2 aliphatic rings. The van der Waals surface area contributed by atoms with Crippen LogP contribution in [0, 0.1) is 11.3 Å². The van der Waals surface area contributed by atoms with Crippen molar-refractivity contribution in [2.45, 2.75) is 60.6 Å². The molecule has 158 valence electrons. The van der Waals surface area contributed by atoms with Crippen LogP contribution in [0.15, 0.2) is 29.6 Å². The van der Waals surface area contributed by atoms with E-state index in [0.717, 1.165) is 59.8 Å². The third-order valence-corrected chi connectivity index (χ3v) is 6.72. The van der Waals surface area contributed by atoms with Gasteiger partial charge in [0.25, 0.3) is 0 Å². The summed E-state index contributed by atoms with van der Waals surface area (Å²) in [6, 6.07) is 5.97. The van der Waals surface area contributed by atoms with E-state index in [1.807, 2.05) is 12.1 Å². The lowest BCUT2D eigenvalue weighted by molar-refractivity contribution is -0.205. The number of aromatic nitrogens is 2. The maximum Gasteiger partial charge on any atom is 0.138 e. The number of rotatable bonds is 4. The summed E-state index contributed by atoms with van der Waals surface area (Å²) < 4.78 is 5.61. The van der Waals surface area contributed by atoms with Crippen molar-refractivity contribution < 1.29 is 25.2 Å². The van der Waals surface area contributed by atoms with E-state index in [0.29, 0.717) is 10.6 Å². The Labute approximate surface area is 178 Å². The van der Waals surface area contributed by atoms with Crippen molar-refractivity contribution in [1.29, 1.82) is 5.26 Å². The Bertz CT molecular complexity index is 950. The lowest BCUT2D eigenvalue weighted by Gasteiger charge is -2.39. The number of hydrogen-bond donors (Lipinski definition) is 4. The maximum absolute atomic E-state index is 10.4. The highest BCUT2D eigenvalue weighted by Crippen LogP contribution is 2.40. The topological polar surface area (TPSA) is 140 Å². The molecular formula is C21H23N3O5S. The zero-order valence-corrected chi connectivity index (χ0v) is 17.0. The third kappa shape index (κ3) is 3.83. The molecule has 2 aromatic rings. The molecule has 1 saturated heterocycles. The van der Waals surface area contributed by atoms with Crippen molar-refractivity contribution in [1.82, 2.24) is 9.97 Å². The van der Waals surface area contributed by atoms with Gasteiger partial charge in [0.15, 0.2) is 0 Å². The molecule has 2 aromatic heterocycles. The molecule has 30 heavy (non-hydrogen) atoms. The van der Waals surface area contributed by atoms with Gasteiger partial charge in [0, 0.05) is 29.2 Å². The summed E-state index contributed by atoms with van der Waals surface area (Å²) in [5, 5.41) is 50.3. The number of aliphatic hydroxyl groups is 4. The Balaban J connectivity index is 1.78.